The summed E-state index contributed by atoms with van der Waals surface area (Å²) in [6.45, 7) is 4.68. The van der Waals surface area contributed by atoms with Gasteiger partial charge in [-0.2, -0.15) is 0 Å². The van der Waals surface area contributed by atoms with Crippen molar-refractivity contribution < 1.29 is 8.78 Å². The average molecular weight is 500 g/mol. The van der Waals surface area contributed by atoms with Crippen molar-refractivity contribution in [3.63, 3.8) is 0 Å². The number of alkyl halides is 1. The molecule has 0 radical (unpaired) electrons. The molecular formula is C32H35F2N3. The molecule has 0 spiro atoms. The average Bonchev–Trinajstić information content (AvgIpc) is 3.34. The maximum Gasteiger partial charge on any atom is 0.148 e. The summed E-state index contributed by atoms with van der Waals surface area (Å²) in [6.07, 6.45) is 12.3. The molecule has 1 aliphatic rings. The van der Waals surface area contributed by atoms with Crippen LogP contribution in [0.3, 0.4) is 0 Å². The van der Waals surface area contributed by atoms with Gasteiger partial charge in [0.25, 0.3) is 0 Å². The maximum atomic E-state index is 15.0. The van der Waals surface area contributed by atoms with Crippen molar-refractivity contribution in [3.05, 3.63) is 94.6 Å². The highest BCUT2D eigenvalue weighted by Crippen LogP contribution is 2.38. The van der Waals surface area contributed by atoms with Crippen molar-refractivity contribution in [2.24, 2.45) is 5.92 Å². The van der Waals surface area contributed by atoms with E-state index in [0.29, 0.717) is 36.4 Å². The molecule has 1 fully saturated rings. The van der Waals surface area contributed by atoms with E-state index in [9.17, 15) is 4.39 Å². The molecule has 0 saturated carbocycles. The SMILES string of the molecule is C#CCC/C(=C(/c1ccc(CC2CCN(CCCF)C2)cc1)c1ccc(N)cc1C)c1ccncc1F. The molecule has 192 valence electrons. The largest absolute Gasteiger partial charge is 0.399 e. The van der Waals surface area contributed by atoms with Gasteiger partial charge < -0.3 is 10.6 Å². The molecule has 2 aromatic carbocycles. The summed E-state index contributed by atoms with van der Waals surface area (Å²) >= 11 is 0. The Morgan fingerprint density at radius 1 is 1.16 bits per heavy atom. The Balaban J connectivity index is 1.72. The molecule has 5 heteroatoms. The van der Waals surface area contributed by atoms with Crippen molar-refractivity contribution in [3.8, 4) is 12.3 Å². The van der Waals surface area contributed by atoms with E-state index >= 15 is 4.39 Å². The summed E-state index contributed by atoms with van der Waals surface area (Å²) in [5.74, 6) is 2.93. The molecule has 3 aromatic rings. The van der Waals surface area contributed by atoms with Gasteiger partial charge in [0.2, 0.25) is 0 Å². The Hall–Kier alpha value is -3.49. The van der Waals surface area contributed by atoms with Gasteiger partial charge in [-0.15, -0.1) is 12.3 Å². The van der Waals surface area contributed by atoms with Crippen LogP contribution in [0.25, 0.3) is 11.1 Å². The molecule has 0 bridgehead atoms. The second-order valence-electron chi connectivity index (χ2n) is 9.89. The molecule has 1 unspecified atom stereocenters. The molecule has 0 amide bonds. The van der Waals surface area contributed by atoms with Gasteiger partial charge in [-0.25, -0.2) is 4.39 Å². The van der Waals surface area contributed by atoms with Gasteiger partial charge in [0, 0.05) is 37.0 Å². The number of aromatic nitrogens is 1. The number of anilines is 1. The van der Waals surface area contributed by atoms with Crippen LogP contribution < -0.4 is 5.73 Å². The third-order valence-electron chi connectivity index (χ3n) is 7.18. The molecular weight excluding hydrogens is 464 g/mol. The molecule has 2 heterocycles. The summed E-state index contributed by atoms with van der Waals surface area (Å²) in [6, 6.07) is 16.2. The van der Waals surface area contributed by atoms with Crippen molar-refractivity contribution >= 4 is 16.8 Å². The van der Waals surface area contributed by atoms with Crippen LogP contribution in [0, 0.1) is 31.0 Å². The van der Waals surface area contributed by atoms with Gasteiger partial charge in [0.15, 0.2) is 0 Å². The minimum Gasteiger partial charge on any atom is -0.399 e. The van der Waals surface area contributed by atoms with Crippen molar-refractivity contribution in [2.45, 2.75) is 39.0 Å². The fourth-order valence-corrected chi connectivity index (χ4v) is 5.38. The summed E-state index contributed by atoms with van der Waals surface area (Å²) in [5.41, 5.74) is 13.4. The number of nitrogen functional groups attached to an aromatic ring is 1. The standard InChI is InChI=1S/C32H35F2N3/c1-3-4-6-30(29-13-16-36-21-31(29)34)32(28-12-11-27(35)19-23(28)2)26-9-7-24(8-10-26)20-25-14-18-37(22-25)17-5-15-33/h1,7-13,16,19,21,25H,4-6,14-15,17-18,20,22,35H2,2H3/b32-30+. The third kappa shape index (κ3) is 6.64. The minimum absolute atomic E-state index is 0.251. The molecule has 1 saturated heterocycles. The van der Waals surface area contributed by atoms with Gasteiger partial charge in [0.05, 0.1) is 12.9 Å². The minimum atomic E-state index is -0.365. The Kier molecular flexibility index (Phi) is 9.09. The highest BCUT2D eigenvalue weighted by atomic mass is 19.1. The van der Waals surface area contributed by atoms with E-state index < -0.39 is 0 Å². The van der Waals surface area contributed by atoms with Crippen molar-refractivity contribution in [2.75, 3.05) is 32.0 Å². The number of aryl methyl sites for hydroxylation is 1. The van der Waals surface area contributed by atoms with Gasteiger partial charge in [-0.3, -0.25) is 9.37 Å². The number of nitrogens with zero attached hydrogens (tertiary/aromatic N) is 2. The quantitative estimate of drug-likeness (QED) is 0.249. The molecule has 1 aliphatic heterocycles. The topological polar surface area (TPSA) is 42.1 Å². The number of nitrogens with two attached hydrogens (primary N) is 1. The first-order valence-corrected chi connectivity index (χ1v) is 13.0. The second kappa shape index (κ2) is 12.7. The molecule has 2 N–H and O–H groups in total. The lowest BCUT2D eigenvalue weighted by molar-refractivity contribution is 0.301. The van der Waals surface area contributed by atoms with E-state index in [2.05, 4.69) is 40.1 Å². The van der Waals surface area contributed by atoms with Crippen LogP contribution in [0.5, 0.6) is 0 Å². The normalized spacial score (nSPS) is 16.4. The van der Waals surface area contributed by atoms with Gasteiger partial charge in [0.1, 0.15) is 5.82 Å². The number of pyridine rings is 1. The molecule has 0 aliphatic carbocycles. The van der Waals surface area contributed by atoms with Gasteiger partial charge in [-0.05, 0) is 96.7 Å². The summed E-state index contributed by atoms with van der Waals surface area (Å²) < 4.78 is 27.6. The first kappa shape index (κ1) is 26.6. The van der Waals surface area contributed by atoms with E-state index in [4.69, 9.17) is 12.2 Å². The smallest absolute Gasteiger partial charge is 0.148 e. The number of rotatable bonds is 10. The van der Waals surface area contributed by atoms with Crippen LogP contribution in [0.4, 0.5) is 14.5 Å². The number of allylic oxidation sites excluding steroid dienone is 1. The second-order valence-corrected chi connectivity index (χ2v) is 9.89. The summed E-state index contributed by atoms with van der Waals surface area (Å²) in [4.78, 5) is 6.31. The lowest BCUT2D eigenvalue weighted by Gasteiger charge is -2.20. The molecule has 37 heavy (non-hydrogen) atoms. The lowest BCUT2D eigenvalue weighted by atomic mass is 9.85. The van der Waals surface area contributed by atoms with E-state index in [1.807, 2.05) is 25.1 Å². The Bertz CT molecular complexity index is 1270. The van der Waals surface area contributed by atoms with Crippen LogP contribution in [0.2, 0.25) is 0 Å². The highest BCUT2D eigenvalue weighted by Gasteiger charge is 2.23. The number of likely N-dealkylation sites (tertiary alicyclic amines) is 1. The first-order chi connectivity index (χ1) is 18.0. The third-order valence-corrected chi connectivity index (χ3v) is 7.18. The number of hydrogen-bond donors (Lipinski definition) is 1. The monoisotopic (exact) mass is 499 g/mol. The van der Waals surface area contributed by atoms with Gasteiger partial charge in [-0.1, -0.05) is 30.3 Å². The zero-order valence-electron chi connectivity index (χ0n) is 21.5. The first-order valence-electron chi connectivity index (χ1n) is 13.0. The van der Waals surface area contributed by atoms with Crippen molar-refractivity contribution in [1.29, 1.82) is 0 Å². The Morgan fingerprint density at radius 3 is 2.68 bits per heavy atom. The van der Waals surface area contributed by atoms with Crippen LogP contribution >= 0.6 is 0 Å². The summed E-state index contributed by atoms with van der Waals surface area (Å²) in [7, 11) is 0. The molecule has 4 rings (SSSR count). The molecule has 3 nitrogen and oxygen atoms in total. The van der Waals surface area contributed by atoms with Crippen LogP contribution in [0.1, 0.15) is 53.5 Å². The number of hydrogen-bond acceptors (Lipinski definition) is 3. The maximum absolute atomic E-state index is 15.0. The van der Waals surface area contributed by atoms with Crippen LogP contribution in [-0.4, -0.2) is 36.2 Å². The van der Waals surface area contributed by atoms with Crippen molar-refractivity contribution in [1.82, 2.24) is 9.88 Å². The van der Waals surface area contributed by atoms with Gasteiger partial charge >= 0.3 is 0 Å². The molecule has 1 atom stereocenters. The van der Waals surface area contributed by atoms with E-state index in [0.717, 1.165) is 60.3 Å². The zero-order chi connectivity index (χ0) is 26.2. The number of halogens is 2. The van der Waals surface area contributed by atoms with E-state index in [1.165, 1.54) is 11.8 Å². The predicted molar refractivity (Wildman–Crippen MR) is 149 cm³/mol. The Labute approximate surface area is 219 Å². The zero-order valence-corrected chi connectivity index (χ0v) is 21.5. The Morgan fingerprint density at radius 2 is 1.97 bits per heavy atom. The number of benzene rings is 2. The van der Waals surface area contributed by atoms with Crippen LogP contribution in [-0.2, 0) is 6.42 Å². The van der Waals surface area contributed by atoms with E-state index in [1.54, 1.807) is 12.3 Å². The highest BCUT2D eigenvalue weighted by molar-refractivity contribution is 5.99. The number of terminal acetylenes is 1. The summed E-state index contributed by atoms with van der Waals surface area (Å²) in [5, 5.41) is 0. The fourth-order valence-electron chi connectivity index (χ4n) is 5.38. The fraction of sp³-hybridized carbons (Fsp3) is 0.344. The van der Waals surface area contributed by atoms with E-state index in [-0.39, 0.29) is 12.5 Å². The van der Waals surface area contributed by atoms with Crippen LogP contribution in [0.15, 0.2) is 60.9 Å². The lowest BCUT2D eigenvalue weighted by Crippen LogP contribution is -2.22. The molecule has 1 aromatic heterocycles. The predicted octanol–water partition coefficient (Wildman–Crippen LogP) is 6.71.